The number of rotatable bonds is 14. The number of ether oxygens (including phenoxy) is 3. The van der Waals surface area contributed by atoms with E-state index in [2.05, 4.69) is 0 Å². The molecule has 0 unspecified atom stereocenters. The molecule has 2 aromatic carbocycles. The first-order valence-corrected chi connectivity index (χ1v) is 15.2. The summed E-state index contributed by atoms with van der Waals surface area (Å²) >= 11 is 0. The van der Waals surface area contributed by atoms with Crippen LogP contribution in [0.3, 0.4) is 0 Å². The Morgan fingerprint density at radius 1 is 0.822 bits per heavy atom. The molecule has 0 N–H and O–H groups in total. The summed E-state index contributed by atoms with van der Waals surface area (Å²) in [7, 11) is 0. The van der Waals surface area contributed by atoms with Gasteiger partial charge in [-0.3, -0.25) is 18.7 Å². The number of fused-ring (bicyclic) bond motifs is 1. The molecule has 244 valence electrons. The van der Waals surface area contributed by atoms with Crippen molar-refractivity contribution in [2.75, 3.05) is 39.8 Å². The van der Waals surface area contributed by atoms with Crippen LogP contribution in [0.5, 0.6) is 17.2 Å². The van der Waals surface area contributed by atoms with Gasteiger partial charge in [0, 0.05) is 19.1 Å². The molecule has 9 nitrogen and oxygen atoms in total. The summed E-state index contributed by atoms with van der Waals surface area (Å²) in [6.45, 7) is -3.61. The van der Waals surface area contributed by atoms with Crippen LogP contribution in [-0.2, 0) is 11.3 Å². The minimum atomic E-state index is -1.35. The van der Waals surface area contributed by atoms with E-state index >= 15 is 0 Å². The molecule has 1 aromatic heterocycles. The van der Waals surface area contributed by atoms with Crippen molar-refractivity contribution in [3.05, 3.63) is 62.8 Å². The van der Waals surface area contributed by atoms with Crippen LogP contribution in [0.25, 0.3) is 10.9 Å². The maximum absolute atomic E-state index is 14.0. The SMILES string of the molecule is O=CN1CCC(n2c(=O)n(Cc3ccc(OC4CCCC4)c(OC(CF)CF)c3)c(=O)c3cc(OC(CF)CF)ccc32)CC1. The summed E-state index contributed by atoms with van der Waals surface area (Å²) < 4.78 is 72.9. The molecule has 3 aromatic rings. The lowest BCUT2D eigenvalue weighted by Gasteiger charge is -2.31. The molecule has 2 heterocycles. The number of benzene rings is 2. The Morgan fingerprint density at radius 2 is 1.49 bits per heavy atom. The van der Waals surface area contributed by atoms with Crippen LogP contribution in [-0.4, -0.2) is 78.5 Å². The highest BCUT2D eigenvalue weighted by molar-refractivity contribution is 5.80. The van der Waals surface area contributed by atoms with Gasteiger partial charge in [-0.2, -0.15) is 0 Å². The Hall–Kier alpha value is -4.03. The fourth-order valence-corrected chi connectivity index (χ4v) is 5.97. The Bertz CT molecular complexity index is 1580. The van der Waals surface area contributed by atoms with E-state index in [4.69, 9.17) is 14.2 Å². The predicted molar refractivity (Wildman–Crippen MR) is 160 cm³/mol. The first kappa shape index (κ1) is 32.4. The number of piperidine rings is 1. The molecule has 45 heavy (non-hydrogen) atoms. The molecule has 2 aliphatic rings. The number of alkyl halides is 4. The molecular formula is C32H37F4N3O6. The van der Waals surface area contributed by atoms with Crippen molar-refractivity contribution in [2.24, 2.45) is 0 Å². The monoisotopic (exact) mass is 635 g/mol. The van der Waals surface area contributed by atoms with Gasteiger partial charge in [0.05, 0.1) is 23.6 Å². The lowest BCUT2D eigenvalue weighted by atomic mass is 10.0. The number of hydrogen-bond donors (Lipinski definition) is 0. The van der Waals surface area contributed by atoms with Gasteiger partial charge in [0.25, 0.3) is 5.56 Å². The molecule has 13 heteroatoms. The van der Waals surface area contributed by atoms with Gasteiger partial charge in [-0.15, -0.1) is 0 Å². The van der Waals surface area contributed by atoms with E-state index < -0.39 is 50.2 Å². The minimum Gasteiger partial charge on any atom is -0.487 e. The number of hydrogen-bond acceptors (Lipinski definition) is 6. The number of aromatic nitrogens is 2. The van der Waals surface area contributed by atoms with Gasteiger partial charge < -0.3 is 19.1 Å². The molecule has 0 atom stereocenters. The molecule has 1 aliphatic heterocycles. The number of nitrogens with zero attached hydrogens (tertiary/aromatic N) is 3. The standard InChI is InChI=1S/C32H37F4N3O6/c33-15-25(16-34)43-24-6-7-28-27(14-24)31(41)38(32(42)39(28)22-9-11-37(20-40)12-10-22)19-21-5-8-29(44-23-3-1-2-4-23)30(13-21)45-26(17-35)18-36/h5-8,13-14,20,22-23,25-26H,1-4,9-12,15-19H2. The van der Waals surface area contributed by atoms with Crippen LogP contribution in [0.1, 0.15) is 50.1 Å². The van der Waals surface area contributed by atoms with E-state index in [9.17, 15) is 31.9 Å². The number of halogens is 4. The second-order valence-electron chi connectivity index (χ2n) is 11.5. The summed E-state index contributed by atoms with van der Waals surface area (Å²) in [5.74, 6) is 0.495. The molecule has 0 bridgehead atoms. The second-order valence-corrected chi connectivity index (χ2v) is 11.5. The van der Waals surface area contributed by atoms with Crippen LogP contribution in [0.4, 0.5) is 17.6 Å². The summed E-state index contributed by atoms with van der Waals surface area (Å²) in [5, 5.41) is 0.106. The summed E-state index contributed by atoms with van der Waals surface area (Å²) in [5.41, 5.74) is -0.467. The van der Waals surface area contributed by atoms with E-state index in [1.807, 2.05) is 0 Å². The molecule has 1 saturated carbocycles. The largest absolute Gasteiger partial charge is 0.487 e. The van der Waals surface area contributed by atoms with Crippen LogP contribution in [0, 0.1) is 0 Å². The normalized spacial score (nSPS) is 16.2. The molecule has 2 fully saturated rings. The van der Waals surface area contributed by atoms with Crippen molar-refractivity contribution in [2.45, 2.75) is 69.4 Å². The Morgan fingerprint density at radius 3 is 2.13 bits per heavy atom. The fraction of sp³-hybridized carbons (Fsp3) is 0.531. The molecule has 0 radical (unpaired) electrons. The number of amides is 1. The van der Waals surface area contributed by atoms with Crippen LogP contribution in [0.2, 0.25) is 0 Å². The van der Waals surface area contributed by atoms with E-state index in [1.165, 1.54) is 28.8 Å². The van der Waals surface area contributed by atoms with Crippen molar-refractivity contribution >= 4 is 17.3 Å². The third kappa shape index (κ3) is 7.28. The second kappa shape index (κ2) is 14.8. The number of likely N-dealkylation sites (tertiary alicyclic amines) is 1. The zero-order valence-corrected chi connectivity index (χ0v) is 24.8. The van der Waals surface area contributed by atoms with Gasteiger partial charge in [-0.25, -0.2) is 22.4 Å². The molecule has 0 spiro atoms. The predicted octanol–water partition coefficient (Wildman–Crippen LogP) is 4.70. The van der Waals surface area contributed by atoms with Gasteiger partial charge in [0.15, 0.2) is 23.7 Å². The maximum atomic E-state index is 14.0. The van der Waals surface area contributed by atoms with Gasteiger partial charge in [0.1, 0.15) is 32.4 Å². The Kier molecular flexibility index (Phi) is 10.7. The summed E-state index contributed by atoms with van der Waals surface area (Å²) in [6.07, 6.45) is 2.65. The highest BCUT2D eigenvalue weighted by atomic mass is 19.1. The first-order chi connectivity index (χ1) is 21.9. The zero-order chi connectivity index (χ0) is 31.9. The Balaban J connectivity index is 1.57. The minimum absolute atomic E-state index is 0.0563. The third-order valence-electron chi connectivity index (χ3n) is 8.38. The maximum Gasteiger partial charge on any atom is 0.332 e. The highest BCUT2D eigenvalue weighted by Crippen LogP contribution is 2.34. The van der Waals surface area contributed by atoms with Crippen molar-refractivity contribution in [3.8, 4) is 17.2 Å². The van der Waals surface area contributed by atoms with Gasteiger partial charge in [0.2, 0.25) is 6.41 Å². The van der Waals surface area contributed by atoms with Gasteiger partial charge in [-0.05, 0) is 74.4 Å². The molecule has 1 amide bonds. The van der Waals surface area contributed by atoms with Crippen LogP contribution >= 0.6 is 0 Å². The first-order valence-electron chi connectivity index (χ1n) is 15.2. The third-order valence-corrected chi connectivity index (χ3v) is 8.38. The van der Waals surface area contributed by atoms with Crippen LogP contribution in [0.15, 0.2) is 46.0 Å². The molecular weight excluding hydrogens is 598 g/mol. The highest BCUT2D eigenvalue weighted by Gasteiger charge is 2.26. The van der Waals surface area contributed by atoms with Crippen molar-refractivity contribution in [3.63, 3.8) is 0 Å². The average Bonchev–Trinajstić information content (AvgIpc) is 3.59. The smallest absolute Gasteiger partial charge is 0.332 e. The lowest BCUT2D eigenvalue weighted by Crippen LogP contribution is -2.44. The van der Waals surface area contributed by atoms with Crippen molar-refractivity contribution < 1.29 is 36.6 Å². The summed E-state index contributed by atoms with van der Waals surface area (Å²) in [4.78, 5) is 40.8. The van der Waals surface area contributed by atoms with E-state index in [-0.39, 0.29) is 35.6 Å². The van der Waals surface area contributed by atoms with Crippen LogP contribution < -0.4 is 25.5 Å². The molecule has 1 saturated heterocycles. The molecule has 5 rings (SSSR count). The van der Waals surface area contributed by atoms with E-state index in [1.54, 1.807) is 17.0 Å². The van der Waals surface area contributed by atoms with E-state index in [0.717, 1.165) is 36.7 Å². The van der Waals surface area contributed by atoms with E-state index in [0.29, 0.717) is 42.8 Å². The Labute approximate surface area is 257 Å². The lowest BCUT2D eigenvalue weighted by molar-refractivity contribution is -0.119. The zero-order valence-electron chi connectivity index (χ0n) is 24.8. The number of carbonyl (C=O) groups excluding carboxylic acids is 1. The van der Waals surface area contributed by atoms with Crippen molar-refractivity contribution in [1.29, 1.82) is 0 Å². The van der Waals surface area contributed by atoms with Gasteiger partial charge >= 0.3 is 5.69 Å². The average molecular weight is 636 g/mol. The molecule has 1 aliphatic carbocycles. The topological polar surface area (TPSA) is 92.0 Å². The van der Waals surface area contributed by atoms with Gasteiger partial charge in [-0.1, -0.05) is 6.07 Å². The quantitative estimate of drug-likeness (QED) is 0.189. The summed E-state index contributed by atoms with van der Waals surface area (Å²) in [6, 6.07) is 8.78. The fourth-order valence-electron chi connectivity index (χ4n) is 5.97. The van der Waals surface area contributed by atoms with Crippen molar-refractivity contribution in [1.82, 2.24) is 14.0 Å². The number of carbonyl (C=O) groups is 1.